The molecule has 0 aliphatic heterocycles. The number of hydrogen-bond donors (Lipinski definition) is 1. The van der Waals surface area contributed by atoms with Crippen molar-refractivity contribution in [3.05, 3.63) is 33.6 Å². The normalized spacial score (nSPS) is 12.2. The predicted molar refractivity (Wildman–Crippen MR) is 85.4 cm³/mol. The van der Waals surface area contributed by atoms with Crippen molar-refractivity contribution in [2.24, 2.45) is 0 Å². The van der Waals surface area contributed by atoms with Crippen molar-refractivity contribution in [2.75, 3.05) is 5.32 Å². The highest BCUT2D eigenvalue weighted by molar-refractivity contribution is 7.17. The summed E-state index contributed by atoms with van der Waals surface area (Å²) in [6, 6.07) is 4.96. The van der Waals surface area contributed by atoms with E-state index in [4.69, 9.17) is 16.3 Å². The highest BCUT2D eigenvalue weighted by atomic mass is 35.5. The van der Waals surface area contributed by atoms with Gasteiger partial charge in [0.1, 0.15) is 10.7 Å². The molecule has 2 aromatic heterocycles. The molecule has 0 fully saturated rings. The second kappa shape index (κ2) is 6.93. The zero-order chi connectivity index (χ0) is 16.3. The molecule has 0 unspecified atom stereocenters. The highest BCUT2D eigenvalue weighted by Gasteiger charge is 2.21. The van der Waals surface area contributed by atoms with E-state index < -0.39 is 18.0 Å². The molecule has 118 valence electrons. The zero-order valence-electron chi connectivity index (χ0n) is 12.4. The number of amides is 1. The number of nitrogens with zero attached hydrogens (tertiary/aromatic N) is 2. The number of rotatable bonds is 5. The van der Waals surface area contributed by atoms with Crippen LogP contribution >= 0.6 is 22.9 Å². The molecule has 22 heavy (non-hydrogen) atoms. The number of esters is 1. The quantitative estimate of drug-likeness (QED) is 0.846. The van der Waals surface area contributed by atoms with Gasteiger partial charge in [0.05, 0.1) is 10.5 Å². The van der Waals surface area contributed by atoms with Crippen molar-refractivity contribution in [3.63, 3.8) is 0 Å². The van der Waals surface area contributed by atoms with Crippen LogP contribution in [-0.2, 0) is 9.53 Å². The molecule has 0 radical (unpaired) electrons. The first-order chi connectivity index (χ1) is 10.4. The van der Waals surface area contributed by atoms with E-state index >= 15 is 0 Å². The van der Waals surface area contributed by atoms with Crippen LogP contribution in [0.2, 0.25) is 4.34 Å². The minimum absolute atomic E-state index is 0.108. The Bertz CT molecular complexity index is 680. The smallest absolute Gasteiger partial charge is 0.349 e. The first-order valence-electron chi connectivity index (χ1n) is 6.69. The third kappa shape index (κ3) is 3.86. The van der Waals surface area contributed by atoms with E-state index in [0.29, 0.717) is 15.0 Å². The molecule has 0 spiro atoms. The summed E-state index contributed by atoms with van der Waals surface area (Å²) in [4.78, 5) is 24.3. The molecule has 2 rings (SSSR count). The third-order valence-electron chi connectivity index (χ3n) is 2.84. The molecule has 0 aliphatic carbocycles. The van der Waals surface area contributed by atoms with Crippen LogP contribution in [0.25, 0.3) is 0 Å². The summed E-state index contributed by atoms with van der Waals surface area (Å²) in [5, 5.41) is 6.82. The Hall–Kier alpha value is -1.86. The first-order valence-corrected chi connectivity index (χ1v) is 7.88. The zero-order valence-corrected chi connectivity index (χ0v) is 13.9. The molecule has 1 amide bonds. The predicted octanol–water partition coefficient (Wildman–Crippen LogP) is 3.36. The summed E-state index contributed by atoms with van der Waals surface area (Å²) in [6.07, 6.45) is 0.670. The molecule has 0 bridgehead atoms. The lowest BCUT2D eigenvalue weighted by atomic mass is 10.3. The van der Waals surface area contributed by atoms with Crippen molar-refractivity contribution in [1.29, 1.82) is 0 Å². The number of aromatic nitrogens is 2. The number of ether oxygens (including phenoxy) is 1. The Balaban J connectivity index is 1.97. The van der Waals surface area contributed by atoms with Crippen LogP contribution in [0.4, 0.5) is 5.82 Å². The fourth-order valence-electron chi connectivity index (χ4n) is 1.75. The average Bonchev–Trinajstić information content (AvgIpc) is 3.07. The first kappa shape index (κ1) is 16.5. The maximum atomic E-state index is 12.1. The van der Waals surface area contributed by atoms with Gasteiger partial charge in [-0.2, -0.15) is 5.10 Å². The Morgan fingerprint density at radius 2 is 2.05 bits per heavy atom. The van der Waals surface area contributed by atoms with Gasteiger partial charge >= 0.3 is 5.97 Å². The molecular formula is C14H16ClN3O3S. The maximum absolute atomic E-state index is 12.1. The van der Waals surface area contributed by atoms with E-state index in [2.05, 4.69) is 10.4 Å². The topological polar surface area (TPSA) is 73.2 Å². The van der Waals surface area contributed by atoms with Crippen LogP contribution in [0.5, 0.6) is 0 Å². The Kier molecular flexibility index (Phi) is 5.20. The SMILES string of the molecule is CC(C)n1nccc1NC(=O)[C@H](C)OC(=O)c1ccc(Cl)s1. The van der Waals surface area contributed by atoms with E-state index in [1.165, 1.54) is 6.92 Å². The van der Waals surface area contributed by atoms with Gasteiger partial charge in [0.25, 0.3) is 5.91 Å². The van der Waals surface area contributed by atoms with Gasteiger partial charge in [0, 0.05) is 12.1 Å². The van der Waals surface area contributed by atoms with E-state index in [0.717, 1.165) is 11.3 Å². The monoisotopic (exact) mass is 341 g/mol. The lowest BCUT2D eigenvalue weighted by Crippen LogP contribution is -2.30. The fraction of sp³-hybridized carbons (Fsp3) is 0.357. The summed E-state index contributed by atoms with van der Waals surface area (Å²) >= 11 is 6.87. The molecule has 1 N–H and O–H groups in total. The van der Waals surface area contributed by atoms with E-state index in [-0.39, 0.29) is 6.04 Å². The van der Waals surface area contributed by atoms with Gasteiger partial charge in [0.15, 0.2) is 6.10 Å². The van der Waals surface area contributed by atoms with Crippen LogP contribution in [0.3, 0.4) is 0 Å². The minimum atomic E-state index is -0.927. The number of thiophene rings is 1. The van der Waals surface area contributed by atoms with Gasteiger partial charge in [-0.1, -0.05) is 11.6 Å². The molecule has 1 atom stereocenters. The number of hydrogen-bond acceptors (Lipinski definition) is 5. The average molecular weight is 342 g/mol. The summed E-state index contributed by atoms with van der Waals surface area (Å²) in [6.45, 7) is 5.41. The molecule has 8 heteroatoms. The number of carbonyl (C=O) groups is 2. The van der Waals surface area contributed by atoms with Gasteiger partial charge < -0.3 is 10.1 Å². The van der Waals surface area contributed by atoms with Crippen LogP contribution in [-0.4, -0.2) is 27.8 Å². The second-order valence-corrected chi connectivity index (χ2v) is 6.61. The van der Waals surface area contributed by atoms with Crippen molar-refractivity contribution in [2.45, 2.75) is 32.9 Å². The van der Waals surface area contributed by atoms with Crippen molar-refractivity contribution in [1.82, 2.24) is 9.78 Å². The second-order valence-electron chi connectivity index (χ2n) is 4.90. The van der Waals surface area contributed by atoms with E-state index in [1.54, 1.807) is 29.1 Å². The fourth-order valence-corrected chi connectivity index (χ4v) is 2.67. The Morgan fingerprint density at radius 3 is 2.64 bits per heavy atom. The van der Waals surface area contributed by atoms with Crippen LogP contribution < -0.4 is 5.32 Å². The Labute approximate surface area is 137 Å². The van der Waals surface area contributed by atoms with Gasteiger partial charge in [-0.05, 0) is 32.9 Å². The van der Waals surface area contributed by atoms with Gasteiger partial charge in [-0.15, -0.1) is 11.3 Å². The highest BCUT2D eigenvalue weighted by Crippen LogP contribution is 2.22. The molecular weight excluding hydrogens is 326 g/mol. The molecule has 2 aromatic rings. The largest absolute Gasteiger partial charge is 0.448 e. The molecule has 6 nitrogen and oxygen atoms in total. The lowest BCUT2D eigenvalue weighted by molar-refractivity contribution is -0.123. The van der Waals surface area contributed by atoms with Crippen LogP contribution in [0.1, 0.15) is 36.5 Å². The maximum Gasteiger partial charge on any atom is 0.349 e. The van der Waals surface area contributed by atoms with Gasteiger partial charge in [-0.25, -0.2) is 9.48 Å². The number of anilines is 1. The number of carbonyl (C=O) groups excluding carboxylic acids is 2. The summed E-state index contributed by atoms with van der Waals surface area (Å²) in [5.74, 6) is -0.433. The third-order valence-corrected chi connectivity index (χ3v) is 4.05. The summed E-state index contributed by atoms with van der Waals surface area (Å²) in [7, 11) is 0. The number of halogens is 1. The standard InChI is InChI=1S/C14H16ClN3O3S/c1-8(2)18-12(6-7-16-18)17-13(19)9(3)21-14(20)10-4-5-11(15)22-10/h4-9H,1-3H3,(H,17,19)/t9-/m0/s1. The minimum Gasteiger partial charge on any atom is -0.448 e. The molecule has 0 saturated heterocycles. The molecule has 2 heterocycles. The van der Waals surface area contributed by atoms with Crippen molar-refractivity contribution < 1.29 is 14.3 Å². The van der Waals surface area contributed by atoms with Gasteiger partial charge in [-0.3, -0.25) is 4.79 Å². The van der Waals surface area contributed by atoms with Gasteiger partial charge in [0.2, 0.25) is 0 Å². The van der Waals surface area contributed by atoms with Crippen molar-refractivity contribution in [3.8, 4) is 0 Å². The Morgan fingerprint density at radius 1 is 1.32 bits per heavy atom. The van der Waals surface area contributed by atoms with Crippen LogP contribution in [0, 0.1) is 0 Å². The van der Waals surface area contributed by atoms with E-state index in [1.807, 2.05) is 13.8 Å². The van der Waals surface area contributed by atoms with Crippen molar-refractivity contribution >= 4 is 40.6 Å². The molecule has 0 aromatic carbocycles. The number of nitrogens with one attached hydrogen (secondary N) is 1. The lowest BCUT2D eigenvalue weighted by Gasteiger charge is -2.15. The molecule has 0 saturated carbocycles. The van der Waals surface area contributed by atoms with Crippen LogP contribution in [0.15, 0.2) is 24.4 Å². The molecule has 0 aliphatic rings. The van der Waals surface area contributed by atoms with E-state index in [9.17, 15) is 9.59 Å². The summed E-state index contributed by atoms with van der Waals surface area (Å²) < 4.78 is 7.29. The summed E-state index contributed by atoms with van der Waals surface area (Å²) in [5.41, 5.74) is 0.